The van der Waals surface area contributed by atoms with Gasteiger partial charge in [0.05, 0.1) is 5.56 Å². The van der Waals surface area contributed by atoms with Crippen LogP contribution < -0.4 is 0 Å². The number of hydrogen-bond donors (Lipinski definition) is 1. The fourth-order valence-electron chi connectivity index (χ4n) is 0.955. The molecular weight excluding hydrogens is 181 g/mol. The third-order valence-electron chi connectivity index (χ3n) is 1.59. The third-order valence-corrected chi connectivity index (χ3v) is 1.59. The first-order chi connectivity index (χ1) is 5.96. The van der Waals surface area contributed by atoms with Crippen LogP contribution in [0.15, 0.2) is 24.8 Å². The lowest BCUT2D eigenvalue weighted by Crippen LogP contribution is -2.05. The van der Waals surface area contributed by atoms with E-state index in [-0.39, 0.29) is 5.56 Å². The fourth-order valence-corrected chi connectivity index (χ4v) is 0.955. The largest absolute Gasteiger partial charge is 0.507 e. The van der Waals surface area contributed by atoms with Gasteiger partial charge in [-0.25, -0.2) is 0 Å². The first-order valence-electron chi connectivity index (χ1n) is 3.48. The highest BCUT2D eigenvalue weighted by Crippen LogP contribution is 2.37. The summed E-state index contributed by atoms with van der Waals surface area (Å²) in [5, 5.41) is 9.13. The number of rotatable bonds is 1. The van der Waals surface area contributed by atoms with Crippen LogP contribution >= 0.6 is 0 Å². The number of aromatic hydroxyl groups is 1. The molecule has 4 heteroatoms. The molecule has 0 bridgehead atoms. The average molecular weight is 188 g/mol. The van der Waals surface area contributed by atoms with E-state index in [9.17, 15) is 13.2 Å². The van der Waals surface area contributed by atoms with Crippen molar-refractivity contribution >= 4 is 6.08 Å². The molecule has 1 aromatic carbocycles. The Hall–Kier alpha value is -1.45. The smallest absolute Gasteiger partial charge is 0.419 e. The SMILES string of the molecule is C=Cc1cccc(C(F)(F)F)c1O. The van der Waals surface area contributed by atoms with Gasteiger partial charge in [0.2, 0.25) is 0 Å². The van der Waals surface area contributed by atoms with Crippen molar-refractivity contribution in [1.29, 1.82) is 0 Å². The summed E-state index contributed by atoms with van der Waals surface area (Å²) in [6, 6.07) is 3.40. The lowest BCUT2D eigenvalue weighted by molar-refractivity contribution is -0.138. The molecule has 0 aliphatic heterocycles. The molecule has 0 amide bonds. The van der Waals surface area contributed by atoms with Crippen LogP contribution in [0.2, 0.25) is 0 Å². The summed E-state index contributed by atoms with van der Waals surface area (Å²) in [5.41, 5.74) is -0.959. The van der Waals surface area contributed by atoms with Crippen molar-refractivity contribution in [3.8, 4) is 5.75 Å². The van der Waals surface area contributed by atoms with Gasteiger partial charge in [-0.2, -0.15) is 13.2 Å². The second-order valence-electron chi connectivity index (χ2n) is 2.45. The van der Waals surface area contributed by atoms with E-state index in [1.165, 1.54) is 18.2 Å². The summed E-state index contributed by atoms with van der Waals surface area (Å²) in [6.07, 6.45) is -3.35. The molecule has 0 spiro atoms. The van der Waals surface area contributed by atoms with Gasteiger partial charge in [-0.3, -0.25) is 0 Å². The van der Waals surface area contributed by atoms with E-state index in [0.717, 1.165) is 6.07 Å². The molecule has 0 saturated carbocycles. The third kappa shape index (κ3) is 1.83. The summed E-state index contributed by atoms with van der Waals surface area (Å²) < 4.78 is 36.5. The number of benzene rings is 1. The molecule has 0 saturated heterocycles. The highest BCUT2D eigenvalue weighted by molar-refractivity contribution is 5.58. The Labute approximate surface area is 73.1 Å². The van der Waals surface area contributed by atoms with Crippen LogP contribution in [0.1, 0.15) is 11.1 Å². The average Bonchev–Trinajstić information content (AvgIpc) is 2.02. The second-order valence-corrected chi connectivity index (χ2v) is 2.45. The van der Waals surface area contributed by atoms with Crippen molar-refractivity contribution in [2.45, 2.75) is 6.18 Å². The van der Waals surface area contributed by atoms with Crippen molar-refractivity contribution in [2.75, 3.05) is 0 Å². The number of alkyl halides is 3. The van der Waals surface area contributed by atoms with Crippen LogP contribution in [0.3, 0.4) is 0 Å². The summed E-state index contributed by atoms with van der Waals surface area (Å²) in [5.74, 6) is -0.773. The van der Waals surface area contributed by atoms with E-state index in [4.69, 9.17) is 5.11 Å². The molecule has 0 aliphatic rings. The molecule has 1 N–H and O–H groups in total. The van der Waals surface area contributed by atoms with Gasteiger partial charge in [-0.05, 0) is 6.07 Å². The number of hydrogen-bond acceptors (Lipinski definition) is 1. The van der Waals surface area contributed by atoms with Crippen molar-refractivity contribution < 1.29 is 18.3 Å². The van der Waals surface area contributed by atoms with Crippen molar-refractivity contribution in [2.24, 2.45) is 0 Å². The molecule has 1 aromatic rings. The maximum absolute atomic E-state index is 12.2. The Kier molecular flexibility index (Phi) is 2.32. The minimum absolute atomic E-state index is 0.0785. The van der Waals surface area contributed by atoms with Gasteiger partial charge in [-0.1, -0.05) is 24.8 Å². The Balaban J connectivity index is 3.32. The van der Waals surface area contributed by atoms with Gasteiger partial charge in [0, 0.05) is 5.56 Å². The Bertz CT molecular complexity index is 328. The molecule has 0 atom stereocenters. The van der Waals surface area contributed by atoms with Gasteiger partial charge < -0.3 is 5.11 Å². The first kappa shape index (κ1) is 9.64. The molecule has 70 valence electrons. The van der Waals surface area contributed by atoms with E-state index in [0.29, 0.717) is 0 Å². The monoisotopic (exact) mass is 188 g/mol. The number of para-hydroxylation sites is 1. The van der Waals surface area contributed by atoms with E-state index in [1.54, 1.807) is 0 Å². The number of phenolic OH excluding ortho intramolecular Hbond substituents is 1. The zero-order chi connectivity index (χ0) is 10.1. The zero-order valence-electron chi connectivity index (χ0n) is 6.60. The molecule has 1 nitrogen and oxygen atoms in total. The number of halogens is 3. The fraction of sp³-hybridized carbons (Fsp3) is 0.111. The maximum Gasteiger partial charge on any atom is 0.419 e. The van der Waals surface area contributed by atoms with Crippen LogP contribution in [-0.4, -0.2) is 5.11 Å². The number of phenols is 1. The standard InChI is InChI=1S/C9H7F3O/c1-2-6-4-3-5-7(8(6)13)9(10,11)12/h2-5,13H,1H2. The Morgan fingerprint density at radius 1 is 1.31 bits per heavy atom. The van der Waals surface area contributed by atoms with E-state index in [1.807, 2.05) is 0 Å². The van der Waals surface area contributed by atoms with Gasteiger partial charge >= 0.3 is 6.18 Å². The van der Waals surface area contributed by atoms with Gasteiger partial charge in [-0.15, -0.1) is 0 Å². The molecule has 0 radical (unpaired) electrons. The zero-order valence-corrected chi connectivity index (χ0v) is 6.60. The van der Waals surface area contributed by atoms with Crippen LogP contribution in [0.4, 0.5) is 13.2 Å². The summed E-state index contributed by atoms with van der Waals surface area (Å²) in [6.45, 7) is 3.29. The van der Waals surface area contributed by atoms with Gasteiger partial charge in [0.25, 0.3) is 0 Å². The summed E-state index contributed by atoms with van der Waals surface area (Å²) in [7, 11) is 0. The van der Waals surface area contributed by atoms with E-state index in [2.05, 4.69) is 6.58 Å². The quantitative estimate of drug-likeness (QED) is 0.718. The molecule has 0 aliphatic carbocycles. The summed E-state index contributed by atoms with van der Waals surface area (Å²) >= 11 is 0. The Morgan fingerprint density at radius 3 is 2.38 bits per heavy atom. The molecule has 0 aromatic heterocycles. The van der Waals surface area contributed by atoms with Crippen LogP contribution in [0.5, 0.6) is 5.75 Å². The van der Waals surface area contributed by atoms with Crippen molar-refractivity contribution in [1.82, 2.24) is 0 Å². The predicted octanol–water partition coefficient (Wildman–Crippen LogP) is 3.05. The molecule has 0 unspecified atom stereocenters. The topological polar surface area (TPSA) is 20.2 Å². The first-order valence-corrected chi connectivity index (χ1v) is 3.48. The van der Waals surface area contributed by atoms with E-state index < -0.39 is 17.5 Å². The van der Waals surface area contributed by atoms with Gasteiger partial charge in [0.1, 0.15) is 5.75 Å². The normalized spacial score (nSPS) is 11.3. The van der Waals surface area contributed by atoms with E-state index >= 15 is 0 Å². The minimum Gasteiger partial charge on any atom is -0.507 e. The predicted molar refractivity (Wildman–Crippen MR) is 43.2 cm³/mol. The molecule has 0 heterocycles. The van der Waals surface area contributed by atoms with Crippen LogP contribution in [0, 0.1) is 0 Å². The minimum atomic E-state index is -4.52. The van der Waals surface area contributed by atoms with Crippen LogP contribution in [0.25, 0.3) is 6.08 Å². The van der Waals surface area contributed by atoms with Gasteiger partial charge in [0.15, 0.2) is 0 Å². The highest BCUT2D eigenvalue weighted by Gasteiger charge is 2.34. The maximum atomic E-state index is 12.2. The molecular formula is C9H7F3O. The molecule has 13 heavy (non-hydrogen) atoms. The second kappa shape index (κ2) is 3.12. The lowest BCUT2D eigenvalue weighted by Gasteiger charge is -2.09. The van der Waals surface area contributed by atoms with Crippen molar-refractivity contribution in [3.05, 3.63) is 35.9 Å². The van der Waals surface area contributed by atoms with Crippen LogP contribution in [-0.2, 0) is 6.18 Å². The lowest BCUT2D eigenvalue weighted by atomic mass is 10.1. The highest BCUT2D eigenvalue weighted by atomic mass is 19.4. The molecule has 1 rings (SSSR count). The molecule has 0 fully saturated rings. The summed E-state index contributed by atoms with van der Waals surface area (Å²) in [4.78, 5) is 0. The Morgan fingerprint density at radius 2 is 1.92 bits per heavy atom. The van der Waals surface area contributed by atoms with Crippen molar-refractivity contribution in [3.63, 3.8) is 0 Å².